The number of H-pyrrole nitrogens is 1. The Morgan fingerprint density at radius 3 is 2.50 bits per heavy atom. The Hall–Kier alpha value is -2.80. The molecule has 0 saturated carbocycles. The maximum absolute atomic E-state index is 13.6. The predicted octanol–water partition coefficient (Wildman–Crippen LogP) is 0.598. The van der Waals surface area contributed by atoms with E-state index >= 15 is 0 Å². The fourth-order valence-electron chi connectivity index (χ4n) is 3.38. The van der Waals surface area contributed by atoms with Crippen molar-refractivity contribution >= 4 is 13.7 Å². The number of aliphatic hydroxyl groups excluding tert-OH is 2. The number of hydrogen-bond donors (Lipinski definition) is 4. The number of carbonyl (C=O) groups is 1. The number of carbonyl (C=O) groups excluding carboxylic acids is 1. The van der Waals surface area contributed by atoms with Crippen LogP contribution in [0.5, 0.6) is 5.75 Å². The molecule has 36 heavy (non-hydrogen) atoms. The first-order chi connectivity index (χ1) is 16.9. The summed E-state index contributed by atoms with van der Waals surface area (Å²) in [5.41, 5.74) is -1.26. The summed E-state index contributed by atoms with van der Waals surface area (Å²) in [6.45, 7) is 5.66. The number of nitrogens with one attached hydrogen (secondary N) is 2. The van der Waals surface area contributed by atoms with E-state index < -0.39 is 68.3 Å². The van der Waals surface area contributed by atoms with Gasteiger partial charge in [-0.2, -0.15) is 5.09 Å². The molecule has 2 aromatic rings. The number of aryl methyl sites for hydroxylation is 1. The van der Waals surface area contributed by atoms with Gasteiger partial charge in [0, 0.05) is 11.8 Å². The third-order valence-corrected chi connectivity index (χ3v) is 6.84. The molecule has 3 rings (SSSR count). The highest BCUT2D eigenvalue weighted by Crippen LogP contribution is 2.46. The number of aromatic amines is 1. The summed E-state index contributed by atoms with van der Waals surface area (Å²) in [6, 6.07) is 6.98. The summed E-state index contributed by atoms with van der Waals surface area (Å²) in [5, 5.41) is 23.5. The Bertz CT molecular complexity index is 1210. The predicted molar refractivity (Wildman–Crippen MR) is 126 cm³/mol. The summed E-state index contributed by atoms with van der Waals surface area (Å²) in [5.74, 6) is -0.509. The molecule has 6 atom stereocenters. The minimum absolute atomic E-state index is 0.179. The zero-order valence-corrected chi connectivity index (χ0v) is 21.1. The van der Waals surface area contributed by atoms with Crippen LogP contribution >= 0.6 is 7.75 Å². The highest BCUT2D eigenvalue weighted by atomic mass is 31.2. The van der Waals surface area contributed by atoms with Crippen LogP contribution in [0, 0.1) is 6.92 Å². The average molecular weight is 527 g/mol. The van der Waals surface area contributed by atoms with Crippen LogP contribution in [0.3, 0.4) is 0 Å². The number of ether oxygens (including phenoxy) is 2. The average Bonchev–Trinajstić information content (AvgIpc) is 3.08. The van der Waals surface area contributed by atoms with Crippen molar-refractivity contribution in [3.8, 4) is 5.75 Å². The first-order valence-corrected chi connectivity index (χ1v) is 12.8. The number of para-hydroxylation sites is 1. The highest BCUT2D eigenvalue weighted by Gasteiger charge is 2.46. The lowest BCUT2D eigenvalue weighted by Gasteiger charge is -2.25. The number of benzene rings is 1. The summed E-state index contributed by atoms with van der Waals surface area (Å²) in [4.78, 5) is 38.2. The topological polar surface area (TPSA) is 178 Å². The zero-order chi connectivity index (χ0) is 26.6. The van der Waals surface area contributed by atoms with Gasteiger partial charge in [0.2, 0.25) is 0 Å². The monoisotopic (exact) mass is 527 g/mol. The van der Waals surface area contributed by atoms with Gasteiger partial charge in [-0.15, -0.1) is 0 Å². The summed E-state index contributed by atoms with van der Waals surface area (Å²) >= 11 is 0. The van der Waals surface area contributed by atoms with Crippen LogP contribution in [0.1, 0.15) is 32.6 Å². The van der Waals surface area contributed by atoms with Crippen LogP contribution in [-0.2, 0) is 23.4 Å². The fourth-order valence-corrected chi connectivity index (χ4v) is 4.88. The van der Waals surface area contributed by atoms with Gasteiger partial charge < -0.3 is 24.2 Å². The molecule has 0 amide bonds. The molecule has 0 spiro atoms. The molecule has 1 aliphatic heterocycles. The van der Waals surface area contributed by atoms with Crippen molar-refractivity contribution in [2.75, 3.05) is 6.61 Å². The Morgan fingerprint density at radius 1 is 1.19 bits per heavy atom. The van der Waals surface area contributed by atoms with Crippen molar-refractivity contribution in [2.24, 2.45) is 0 Å². The lowest BCUT2D eigenvalue weighted by molar-refractivity contribution is -0.149. The van der Waals surface area contributed by atoms with Gasteiger partial charge in [0.05, 0.1) is 12.7 Å². The van der Waals surface area contributed by atoms with E-state index in [4.69, 9.17) is 18.5 Å². The highest BCUT2D eigenvalue weighted by molar-refractivity contribution is 7.52. The van der Waals surface area contributed by atoms with Gasteiger partial charge in [0.15, 0.2) is 6.23 Å². The second-order valence-electron chi connectivity index (χ2n) is 8.56. The molecule has 1 aromatic carbocycles. The van der Waals surface area contributed by atoms with Gasteiger partial charge in [-0.25, -0.2) is 9.36 Å². The molecule has 0 bridgehead atoms. The van der Waals surface area contributed by atoms with Crippen molar-refractivity contribution in [2.45, 2.75) is 64.4 Å². The quantitative estimate of drug-likeness (QED) is 0.251. The van der Waals surface area contributed by atoms with Crippen molar-refractivity contribution in [3.63, 3.8) is 0 Å². The number of aromatic nitrogens is 2. The first kappa shape index (κ1) is 27.8. The van der Waals surface area contributed by atoms with E-state index in [2.05, 4.69) is 10.1 Å². The van der Waals surface area contributed by atoms with Crippen molar-refractivity contribution in [3.05, 3.63) is 62.9 Å². The van der Waals surface area contributed by atoms with Gasteiger partial charge in [-0.3, -0.25) is 23.7 Å². The van der Waals surface area contributed by atoms with Crippen LogP contribution in [-0.4, -0.2) is 62.8 Å². The molecule has 1 aliphatic rings. The largest absolute Gasteiger partial charge is 0.462 e. The van der Waals surface area contributed by atoms with Crippen molar-refractivity contribution < 1.29 is 38.1 Å². The molecule has 0 aliphatic carbocycles. The second-order valence-corrected chi connectivity index (χ2v) is 10.3. The minimum atomic E-state index is -4.25. The SMILES string of the molecule is Cc1cn([C@H]2OC(COP(=O)(N[C@@H](C)C(=O)OC(C)C)Oc3ccccc3)[C@@H](O)C2O)c(=O)[nH]c1=O. The third kappa shape index (κ3) is 6.69. The standard InChI is InChI=1S/C22H30N3O10P/c1-12(2)33-21(29)14(4)24-36(31,35-15-8-6-5-7-9-15)32-11-16-17(26)18(27)20(34-16)25-10-13(3)19(28)23-22(25)30/h5-10,12,14,16-18,20,26-27H,11H2,1-4H3,(H,24,31)(H,23,28,30)/t14-,16?,17+,18?,20-,36?/m0/s1. The normalized spacial score (nSPS) is 24.3. The Balaban J connectivity index is 1.77. The van der Waals surface area contributed by atoms with Crippen LogP contribution in [0.15, 0.2) is 46.1 Å². The molecule has 14 heteroatoms. The smallest absolute Gasteiger partial charge is 0.459 e. The Labute approximate surface area is 206 Å². The molecule has 2 heterocycles. The molecule has 198 valence electrons. The maximum atomic E-state index is 13.6. The molecular weight excluding hydrogens is 497 g/mol. The van der Waals surface area contributed by atoms with Gasteiger partial charge >= 0.3 is 19.4 Å². The zero-order valence-electron chi connectivity index (χ0n) is 20.2. The van der Waals surface area contributed by atoms with Crippen LogP contribution in [0.2, 0.25) is 0 Å². The van der Waals surface area contributed by atoms with E-state index in [1.54, 1.807) is 32.0 Å². The lowest BCUT2D eigenvalue weighted by Crippen LogP contribution is -2.39. The number of hydrogen-bond acceptors (Lipinski definition) is 10. The van der Waals surface area contributed by atoms with Crippen LogP contribution < -0.4 is 20.9 Å². The van der Waals surface area contributed by atoms with Crippen molar-refractivity contribution in [1.82, 2.24) is 14.6 Å². The summed E-state index contributed by atoms with van der Waals surface area (Å²) < 4.78 is 36.3. The molecule has 3 unspecified atom stereocenters. The van der Waals surface area contributed by atoms with Gasteiger partial charge in [0.1, 0.15) is 30.1 Å². The minimum Gasteiger partial charge on any atom is -0.462 e. The summed E-state index contributed by atoms with van der Waals surface area (Å²) in [6.07, 6.45) is -4.91. The molecule has 13 nitrogen and oxygen atoms in total. The van der Waals surface area contributed by atoms with Gasteiger partial charge in [-0.1, -0.05) is 18.2 Å². The van der Waals surface area contributed by atoms with Crippen LogP contribution in [0.25, 0.3) is 0 Å². The molecule has 1 saturated heterocycles. The lowest BCUT2D eigenvalue weighted by atomic mass is 10.1. The van der Waals surface area contributed by atoms with E-state index in [0.29, 0.717) is 0 Å². The first-order valence-electron chi connectivity index (χ1n) is 11.2. The molecule has 4 N–H and O–H groups in total. The number of rotatable bonds is 10. The van der Waals surface area contributed by atoms with Gasteiger partial charge in [-0.05, 0) is 39.8 Å². The second kappa shape index (κ2) is 11.5. The van der Waals surface area contributed by atoms with E-state index in [1.165, 1.54) is 32.2 Å². The molecule has 1 fully saturated rings. The molecule has 0 radical (unpaired) electrons. The maximum Gasteiger partial charge on any atom is 0.459 e. The number of aliphatic hydroxyl groups is 2. The number of nitrogens with zero attached hydrogens (tertiary/aromatic N) is 1. The van der Waals surface area contributed by atoms with Crippen LogP contribution in [0.4, 0.5) is 0 Å². The van der Waals surface area contributed by atoms with E-state index in [0.717, 1.165) is 4.57 Å². The van der Waals surface area contributed by atoms with E-state index in [1.807, 2.05) is 0 Å². The summed E-state index contributed by atoms with van der Waals surface area (Å²) in [7, 11) is -4.25. The van der Waals surface area contributed by atoms with E-state index in [9.17, 15) is 29.2 Å². The van der Waals surface area contributed by atoms with E-state index in [-0.39, 0.29) is 11.3 Å². The Kier molecular flexibility index (Phi) is 8.88. The number of esters is 1. The van der Waals surface area contributed by atoms with Gasteiger partial charge in [0.25, 0.3) is 5.56 Å². The third-order valence-electron chi connectivity index (χ3n) is 5.19. The molecular formula is C22H30N3O10P. The van der Waals surface area contributed by atoms with Crippen molar-refractivity contribution in [1.29, 1.82) is 0 Å². The molecule has 1 aromatic heterocycles. The fraction of sp³-hybridized carbons (Fsp3) is 0.500. The Morgan fingerprint density at radius 2 is 1.86 bits per heavy atom.